The predicted octanol–water partition coefficient (Wildman–Crippen LogP) is 2.56. The van der Waals surface area contributed by atoms with Gasteiger partial charge in [-0.1, -0.05) is 36.8 Å². The number of rotatable bonds is 10. The number of aliphatic carboxylic acids is 1. The topological polar surface area (TPSA) is 95.9 Å². The quantitative estimate of drug-likeness (QED) is 0.450. The lowest BCUT2D eigenvalue weighted by molar-refractivity contribution is -0.149. The van der Waals surface area contributed by atoms with Crippen LogP contribution < -0.4 is 5.32 Å². The van der Waals surface area contributed by atoms with Crippen molar-refractivity contribution in [1.82, 2.24) is 10.2 Å². The first kappa shape index (κ1) is 22.3. The van der Waals surface area contributed by atoms with Crippen LogP contribution in [0.25, 0.3) is 0 Å². The Kier molecular flexibility index (Phi) is 7.85. The number of carboxylic acids is 1. The third-order valence-corrected chi connectivity index (χ3v) is 6.31. The van der Waals surface area contributed by atoms with Gasteiger partial charge in [-0.25, -0.2) is 4.79 Å². The van der Waals surface area contributed by atoms with Gasteiger partial charge < -0.3 is 20.1 Å². The molecule has 1 aromatic carbocycles. The SMILES string of the molecule is CCOC(=O)C(CCNCCC(=O)N1[C@H](C(=O)O)C[C@@H]2CCC[C@@H]21)c1ccccc1. The first-order valence-corrected chi connectivity index (χ1v) is 11.0. The second-order valence-electron chi connectivity index (χ2n) is 8.15. The lowest BCUT2D eigenvalue weighted by atomic mass is 9.96. The van der Waals surface area contributed by atoms with E-state index in [9.17, 15) is 19.5 Å². The van der Waals surface area contributed by atoms with Gasteiger partial charge in [0.1, 0.15) is 6.04 Å². The Bertz CT molecular complexity index is 738. The first-order valence-electron chi connectivity index (χ1n) is 11.0. The van der Waals surface area contributed by atoms with Gasteiger partial charge in [-0.2, -0.15) is 0 Å². The second-order valence-corrected chi connectivity index (χ2v) is 8.15. The summed E-state index contributed by atoms with van der Waals surface area (Å²) in [5.41, 5.74) is 0.919. The molecular formula is C23H32N2O5. The molecule has 1 unspecified atom stereocenters. The minimum Gasteiger partial charge on any atom is -0.480 e. The summed E-state index contributed by atoms with van der Waals surface area (Å²) in [6, 6.07) is 8.96. The van der Waals surface area contributed by atoms with Crippen LogP contribution in [0.2, 0.25) is 0 Å². The van der Waals surface area contributed by atoms with Crippen molar-refractivity contribution in [3.8, 4) is 0 Å². The highest BCUT2D eigenvalue weighted by atomic mass is 16.5. The first-order chi connectivity index (χ1) is 14.5. The molecule has 3 rings (SSSR count). The summed E-state index contributed by atoms with van der Waals surface area (Å²) >= 11 is 0. The number of benzene rings is 1. The maximum absolute atomic E-state index is 12.8. The van der Waals surface area contributed by atoms with Crippen molar-refractivity contribution in [3.63, 3.8) is 0 Å². The normalized spacial score (nSPS) is 23.8. The van der Waals surface area contributed by atoms with Gasteiger partial charge in [-0.15, -0.1) is 0 Å². The Morgan fingerprint density at radius 3 is 2.67 bits per heavy atom. The number of hydrogen-bond acceptors (Lipinski definition) is 5. The number of hydrogen-bond donors (Lipinski definition) is 2. The van der Waals surface area contributed by atoms with E-state index in [0.29, 0.717) is 38.5 Å². The predicted molar refractivity (Wildman–Crippen MR) is 112 cm³/mol. The Morgan fingerprint density at radius 2 is 1.97 bits per heavy atom. The van der Waals surface area contributed by atoms with E-state index in [1.807, 2.05) is 30.3 Å². The molecule has 1 aromatic rings. The van der Waals surface area contributed by atoms with Crippen molar-refractivity contribution in [3.05, 3.63) is 35.9 Å². The van der Waals surface area contributed by atoms with Gasteiger partial charge in [0.05, 0.1) is 12.5 Å². The summed E-state index contributed by atoms with van der Waals surface area (Å²) < 4.78 is 5.21. The molecule has 7 nitrogen and oxygen atoms in total. The van der Waals surface area contributed by atoms with Crippen LogP contribution in [0.4, 0.5) is 0 Å². The van der Waals surface area contributed by atoms with Gasteiger partial charge >= 0.3 is 11.9 Å². The van der Waals surface area contributed by atoms with E-state index in [4.69, 9.17) is 4.74 Å². The maximum Gasteiger partial charge on any atom is 0.326 e. The van der Waals surface area contributed by atoms with Gasteiger partial charge in [-0.3, -0.25) is 9.59 Å². The molecule has 30 heavy (non-hydrogen) atoms. The minimum atomic E-state index is -0.897. The Morgan fingerprint density at radius 1 is 1.20 bits per heavy atom. The molecule has 0 spiro atoms. The van der Waals surface area contributed by atoms with Crippen molar-refractivity contribution in [2.24, 2.45) is 5.92 Å². The number of likely N-dealkylation sites (tertiary alicyclic amines) is 1. The monoisotopic (exact) mass is 416 g/mol. The van der Waals surface area contributed by atoms with E-state index in [1.54, 1.807) is 11.8 Å². The highest BCUT2D eigenvalue weighted by molar-refractivity contribution is 5.85. The van der Waals surface area contributed by atoms with Crippen molar-refractivity contribution < 1.29 is 24.2 Å². The number of amides is 1. The van der Waals surface area contributed by atoms with Crippen LogP contribution in [-0.4, -0.2) is 59.6 Å². The Hall–Kier alpha value is -2.41. The van der Waals surface area contributed by atoms with Crippen LogP contribution in [0.15, 0.2) is 30.3 Å². The molecule has 0 radical (unpaired) electrons. The van der Waals surface area contributed by atoms with Crippen LogP contribution in [-0.2, 0) is 19.1 Å². The summed E-state index contributed by atoms with van der Waals surface area (Å²) in [5.74, 6) is -1.24. The van der Waals surface area contributed by atoms with Crippen LogP contribution in [0.1, 0.15) is 56.9 Å². The number of carbonyl (C=O) groups excluding carboxylic acids is 2. The average Bonchev–Trinajstić information content (AvgIpc) is 3.32. The molecule has 7 heteroatoms. The molecule has 1 saturated carbocycles. The van der Waals surface area contributed by atoms with E-state index in [0.717, 1.165) is 24.8 Å². The third-order valence-electron chi connectivity index (χ3n) is 6.31. The number of ether oxygens (including phenoxy) is 1. The molecule has 2 aliphatic rings. The van der Waals surface area contributed by atoms with Crippen LogP contribution >= 0.6 is 0 Å². The largest absolute Gasteiger partial charge is 0.480 e. The van der Waals surface area contributed by atoms with E-state index in [1.165, 1.54) is 0 Å². The maximum atomic E-state index is 12.8. The molecule has 1 aliphatic heterocycles. The number of fused-ring (bicyclic) bond motifs is 1. The summed E-state index contributed by atoms with van der Waals surface area (Å²) in [7, 11) is 0. The third kappa shape index (κ3) is 5.19. The van der Waals surface area contributed by atoms with Gasteiger partial charge in [0.2, 0.25) is 5.91 Å². The zero-order valence-electron chi connectivity index (χ0n) is 17.6. The molecule has 164 valence electrons. The van der Waals surface area contributed by atoms with Gasteiger partial charge in [-0.05, 0) is 50.6 Å². The fourth-order valence-electron chi connectivity index (χ4n) is 4.91. The molecular weight excluding hydrogens is 384 g/mol. The zero-order valence-corrected chi connectivity index (χ0v) is 17.6. The van der Waals surface area contributed by atoms with Crippen molar-refractivity contribution in [1.29, 1.82) is 0 Å². The molecule has 1 amide bonds. The zero-order chi connectivity index (χ0) is 21.5. The molecule has 2 fully saturated rings. The van der Waals surface area contributed by atoms with Crippen molar-refractivity contribution in [2.75, 3.05) is 19.7 Å². The highest BCUT2D eigenvalue weighted by Gasteiger charge is 2.48. The molecule has 1 aliphatic carbocycles. The smallest absolute Gasteiger partial charge is 0.326 e. The highest BCUT2D eigenvalue weighted by Crippen LogP contribution is 2.41. The molecule has 1 heterocycles. The van der Waals surface area contributed by atoms with Crippen LogP contribution in [0, 0.1) is 5.92 Å². The molecule has 0 bridgehead atoms. The molecule has 1 saturated heterocycles. The number of nitrogens with one attached hydrogen (secondary N) is 1. The number of carboxylic acid groups (broad SMARTS) is 1. The van der Waals surface area contributed by atoms with Crippen molar-refractivity contribution in [2.45, 2.75) is 63.5 Å². The van der Waals surface area contributed by atoms with E-state index >= 15 is 0 Å². The standard InChI is InChI=1S/C23H32N2O5/c1-2-30-23(29)18(16-7-4-3-5-8-16)11-13-24-14-12-21(26)25-19-10-6-9-17(19)15-20(25)22(27)28/h3-5,7-8,17-20,24H,2,6,9-15H2,1H3,(H,27,28)/t17-,18?,19-,20-/m0/s1. The fraction of sp³-hybridized carbons (Fsp3) is 0.609. The molecule has 0 aromatic heterocycles. The van der Waals surface area contributed by atoms with E-state index in [-0.39, 0.29) is 30.3 Å². The van der Waals surface area contributed by atoms with Crippen molar-refractivity contribution >= 4 is 17.8 Å². The van der Waals surface area contributed by atoms with Gasteiger partial charge in [0.15, 0.2) is 0 Å². The minimum absolute atomic E-state index is 0.0878. The second kappa shape index (κ2) is 10.6. The summed E-state index contributed by atoms with van der Waals surface area (Å²) in [4.78, 5) is 38.3. The van der Waals surface area contributed by atoms with Crippen LogP contribution in [0.3, 0.4) is 0 Å². The fourth-order valence-corrected chi connectivity index (χ4v) is 4.91. The van der Waals surface area contributed by atoms with E-state index < -0.39 is 12.0 Å². The summed E-state index contributed by atoms with van der Waals surface area (Å²) in [6.45, 7) is 3.16. The van der Waals surface area contributed by atoms with E-state index in [2.05, 4.69) is 5.32 Å². The number of esters is 1. The lowest BCUT2D eigenvalue weighted by Gasteiger charge is -2.27. The van der Waals surface area contributed by atoms with Gasteiger partial charge in [0.25, 0.3) is 0 Å². The number of carbonyl (C=O) groups is 3. The van der Waals surface area contributed by atoms with Crippen LogP contribution in [0.5, 0.6) is 0 Å². The Labute approximate surface area is 177 Å². The summed E-state index contributed by atoms with van der Waals surface area (Å²) in [6.07, 6.45) is 4.42. The average molecular weight is 417 g/mol. The Balaban J connectivity index is 1.48. The van der Waals surface area contributed by atoms with Gasteiger partial charge in [0, 0.05) is 19.0 Å². The molecule has 4 atom stereocenters. The number of nitrogens with zero attached hydrogens (tertiary/aromatic N) is 1. The summed E-state index contributed by atoms with van der Waals surface area (Å²) in [5, 5.41) is 12.7. The molecule has 2 N–H and O–H groups in total. The lowest BCUT2D eigenvalue weighted by Crippen LogP contribution is -2.45.